The van der Waals surface area contributed by atoms with Crippen molar-refractivity contribution in [2.24, 2.45) is 5.10 Å². The van der Waals surface area contributed by atoms with E-state index in [1.807, 2.05) is 48.5 Å². The summed E-state index contributed by atoms with van der Waals surface area (Å²) in [7, 11) is 3.00. The Bertz CT molecular complexity index is 1730. The van der Waals surface area contributed by atoms with Crippen LogP contribution in [0.15, 0.2) is 101 Å². The van der Waals surface area contributed by atoms with Crippen LogP contribution < -0.4 is 19.6 Å². The predicted molar refractivity (Wildman–Crippen MR) is 157 cm³/mol. The number of hydrogen-bond donors (Lipinski definition) is 2. The van der Waals surface area contributed by atoms with Crippen LogP contribution in [0, 0.1) is 0 Å². The Morgan fingerprint density at radius 1 is 0.875 bits per heavy atom. The fraction of sp³-hybridized carbons (Fsp3) is 0.0645. The topological polar surface area (TPSA) is 102 Å². The second-order valence-electron chi connectivity index (χ2n) is 8.63. The molecule has 0 saturated heterocycles. The summed E-state index contributed by atoms with van der Waals surface area (Å²) in [4.78, 5) is 29.1. The maximum Gasteiger partial charge on any atom is 0.343 e. The van der Waals surface area contributed by atoms with Gasteiger partial charge < -0.3 is 19.2 Å². The van der Waals surface area contributed by atoms with E-state index in [2.05, 4.69) is 31.4 Å². The van der Waals surface area contributed by atoms with Gasteiger partial charge in [0, 0.05) is 15.4 Å². The number of H-pyrrole nitrogens is 1. The van der Waals surface area contributed by atoms with Crippen LogP contribution in [-0.4, -0.2) is 37.3 Å². The van der Waals surface area contributed by atoms with Crippen molar-refractivity contribution in [1.29, 1.82) is 0 Å². The SMILES string of the molecule is COc1cccc(C(=O)Oc2ccc(C=NNC(=O)c3[nH]c4c(Br)cccc4c3-c3ccccc3)cc2OC)c1. The Hall–Kier alpha value is -4.89. The second kappa shape index (κ2) is 11.9. The van der Waals surface area contributed by atoms with E-state index in [9.17, 15) is 9.59 Å². The Morgan fingerprint density at radius 2 is 1.68 bits per heavy atom. The number of rotatable bonds is 8. The van der Waals surface area contributed by atoms with Gasteiger partial charge in [-0.25, -0.2) is 10.2 Å². The highest BCUT2D eigenvalue weighted by molar-refractivity contribution is 9.10. The van der Waals surface area contributed by atoms with Crippen LogP contribution in [0.3, 0.4) is 0 Å². The van der Waals surface area contributed by atoms with Crippen molar-refractivity contribution < 1.29 is 23.8 Å². The average Bonchev–Trinajstić information content (AvgIpc) is 3.39. The highest BCUT2D eigenvalue weighted by atomic mass is 79.9. The Kier molecular flexibility index (Phi) is 7.93. The first-order valence-electron chi connectivity index (χ1n) is 12.2. The molecule has 0 radical (unpaired) electrons. The van der Waals surface area contributed by atoms with Gasteiger partial charge in [-0.05, 0) is 69.5 Å². The molecule has 1 heterocycles. The lowest BCUT2D eigenvalue weighted by Crippen LogP contribution is -2.18. The van der Waals surface area contributed by atoms with Crippen LogP contribution in [0.5, 0.6) is 17.2 Å². The molecule has 4 aromatic carbocycles. The molecule has 1 aromatic heterocycles. The summed E-state index contributed by atoms with van der Waals surface area (Å²) in [6.45, 7) is 0. The molecule has 5 aromatic rings. The quantitative estimate of drug-likeness (QED) is 0.0908. The number of hydrazone groups is 1. The van der Waals surface area contributed by atoms with E-state index in [4.69, 9.17) is 14.2 Å². The standard InChI is InChI=1S/C31H24BrN3O5/c1-38-22-11-6-10-21(17-22)31(37)40-25-15-14-19(16-26(25)39-2)18-33-35-30(36)29-27(20-8-4-3-5-9-20)23-12-7-13-24(32)28(23)34-29/h3-18,34H,1-2H3,(H,35,36). The molecule has 0 aliphatic heterocycles. The number of nitrogens with zero attached hydrogens (tertiary/aromatic N) is 1. The van der Waals surface area contributed by atoms with E-state index in [0.717, 1.165) is 26.5 Å². The third-order valence-corrected chi connectivity index (χ3v) is 6.81. The van der Waals surface area contributed by atoms with Gasteiger partial charge in [-0.2, -0.15) is 5.10 Å². The van der Waals surface area contributed by atoms with Gasteiger partial charge in [-0.15, -0.1) is 0 Å². The number of benzene rings is 4. The first-order chi connectivity index (χ1) is 19.5. The normalized spacial score (nSPS) is 11.0. The fourth-order valence-corrected chi connectivity index (χ4v) is 4.70. The minimum Gasteiger partial charge on any atom is -0.497 e. The van der Waals surface area contributed by atoms with Crippen molar-refractivity contribution >= 4 is 44.9 Å². The van der Waals surface area contributed by atoms with Gasteiger partial charge in [0.25, 0.3) is 5.91 Å². The molecule has 200 valence electrons. The molecule has 9 heteroatoms. The summed E-state index contributed by atoms with van der Waals surface area (Å²) in [6, 6.07) is 27.1. The zero-order chi connectivity index (χ0) is 28.1. The molecule has 0 fully saturated rings. The van der Waals surface area contributed by atoms with Crippen LogP contribution in [0.1, 0.15) is 26.4 Å². The number of nitrogens with one attached hydrogen (secondary N) is 2. The molecular formula is C31H24BrN3O5. The second-order valence-corrected chi connectivity index (χ2v) is 9.49. The van der Waals surface area contributed by atoms with E-state index in [-0.39, 0.29) is 5.75 Å². The molecule has 0 aliphatic rings. The lowest BCUT2D eigenvalue weighted by atomic mass is 10.0. The maximum atomic E-state index is 13.2. The van der Waals surface area contributed by atoms with E-state index in [0.29, 0.717) is 28.3 Å². The summed E-state index contributed by atoms with van der Waals surface area (Å²) in [5.74, 6) is 0.177. The van der Waals surface area contributed by atoms with E-state index in [1.165, 1.54) is 20.4 Å². The number of halogens is 1. The van der Waals surface area contributed by atoms with Crippen molar-refractivity contribution in [1.82, 2.24) is 10.4 Å². The van der Waals surface area contributed by atoms with Crippen LogP contribution in [0.2, 0.25) is 0 Å². The van der Waals surface area contributed by atoms with Crippen LogP contribution in [0.25, 0.3) is 22.0 Å². The van der Waals surface area contributed by atoms with Crippen molar-refractivity contribution in [3.63, 3.8) is 0 Å². The number of amides is 1. The molecule has 40 heavy (non-hydrogen) atoms. The van der Waals surface area contributed by atoms with Gasteiger partial charge in [0.1, 0.15) is 11.4 Å². The molecule has 0 saturated carbocycles. The first-order valence-corrected chi connectivity index (χ1v) is 13.0. The maximum absolute atomic E-state index is 13.2. The molecular weight excluding hydrogens is 574 g/mol. The minimum absolute atomic E-state index is 0.243. The van der Waals surface area contributed by atoms with Gasteiger partial charge in [0.05, 0.1) is 31.5 Å². The number of carbonyl (C=O) groups excluding carboxylic acids is 2. The molecule has 8 nitrogen and oxygen atoms in total. The number of aromatic amines is 1. The number of esters is 1. The van der Waals surface area contributed by atoms with Crippen molar-refractivity contribution in [3.05, 3.63) is 112 Å². The molecule has 1 amide bonds. The van der Waals surface area contributed by atoms with Crippen LogP contribution in [-0.2, 0) is 0 Å². The Labute approximate surface area is 238 Å². The zero-order valence-electron chi connectivity index (χ0n) is 21.6. The molecule has 0 spiro atoms. The number of aromatic nitrogens is 1. The van der Waals surface area contributed by atoms with Crippen LogP contribution in [0.4, 0.5) is 0 Å². The van der Waals surface area contributed by atoms with Crippen LogP contribution >= 0.6 is 15.9 Å². The minimum atomic E-state index is -0.551. The lowest BCUT2D eigenvalue weighted by Gasteiger charge is -2.10. The number of para-hydroxylation sites is 1. The van der Waals surface area contributed by atoms with Crippen molar-refractivity contribution in [2.45, 2.75) is 0 Å². The van der Waals surface area contributed by atoms with Gasteiger partial charge in [-0.3, -0.25) is 4.79 Å². The lowest BCUT2D eigenvalue weighted by molar-refractivity contribution is 0.0729. The summed E-state index contributed by atoms with van der Waals surface area (Å²) < 4.78 is 17.0. The third-order valence-electron chi connectivity index (χ3n) is 6.15. The molecule has 0 atom stereocenters. The average molecular weight is 598 g/mol. The molecule has 0 aliphatic carbocycles. The smallest absolute Gasteiger partial charge is 0.343 e. The highest BCUT2D eigenvalue weighted by Gasteiger charge is 2.20. The monoisotopic (exact) mass is 597 g/mol. The number of ether oxygens (including phenoxy) is 3. The van der Waals surface area contributed by atoms with E-state index < -0.39 is 11.9 Å². The molecule has 0 bridgehead atoms. The highest BCUT2D eigenvalue weighted by Crippen LogP contribution is 2.35. The molecule has 2 N–H and O–H groups in total. The first kappa shape index (κ1) is 26.7. The number of methoxy groups -OCH3 is 2. The largest absolute Gasteiger partial charge is 0.497 e. The van der Waals surface area contributed by atoms with Gasteiger partial charge in [0.15, 0.2) is 11.5 Å². The van der Waals surface area contributed by atoms with E-state index in [1.54, 1.807) is 42.5 Å². The zero-order valence-corrected chi connectivity index (χ0v) is 23.2. The molecule has 0 unspecified atom stereocenters. The number of hydrogen-bond acceptors (Lipinski definition) is 6. The summed E-state index contributed by atoms with van der Waals surface area (Å²) in [5, 5.41) is 5.06. The number of carbonyl (C=O) groups is 2. The third kappa shape index (κ3) is 5.60. The summed E-state index contributed by atoms with van der Waals surface area (Å²) >= 11 is 3.56. The van der Waals surface area contributed by atoms with E-state index >= 15 is 0 Å². The Balaban J connectivity index is 1.34. The van der Waals surface area contributed by atoms with Crippen molar-refractivity contribution in [2.75, 3.05) is 14.2 Å². The molecule has 5 rings (SSSR count). The summed E-state index contributed by atoms with van der Waals surface area (Å²) in [6.07, 6.45) is 1.48. The van der Waals surface area contributed by atoms with Gasteiger partial charge >= 0.3 is 5.97 Å². The van der Waals surface area contributed by atoms with Gasteiger partial charge in [-0.1, -0.05) is 48.5 Å². The van der Waals surface area contributed by atoms with Gasteiger partial charge in [0.2, 0.25) is 0 Å². The van der Waals surface area contributed by atoms with Crippen molar-refractivity contribution in [3.8, 4) is 28.4 Å². The Morgan fingerprint density at radius 3 is 2.45 bits per heavy atom. The predicted octanol–water partition coefficient (Wildman–Crippen LogP) is 6.60. The summed E-state index contributed by atoms with van der Waals surface area (Å²) in [5.41, 5.74) is 6.47. The number of fused-ring (bicyclic) bond motifs is 1. The fourth-order valence-electron chi connectivity index (χ4n) is 4.24.